The number of rotatable bonds is 6. The van der Waals surface area contributed by atoms with Gasteiger partial charge in [0.2, 0.25) is 18.1 Å². The van der Waals surface area contributed by atoms with Crippen LogP contribution in [0.2, 0.25) is 0 Å². The van der Waals surface area contributed by atoms with Crippen molar-refractivity contribution in [1.82, 2.24) is 9.97 Å². The highest BCUT2D eigenvalue weighted by atomic mass is 19.3. The fourth-order valence-corrected chi connectivity index (χ4v) is 3.17. The number of H-pyrrole nitrogens is 1. The average Bonchev–Trinajstić information content (AvgIpc) is 3.13. The summed E-state index contributed by atoms with van der Waals surface area (Å²) in [6, 6.07) is 7.66. The lowest BCUT2D eigenvalue weighted by Crippen LogP contribution is -2.51. The van der Waals surface area contributed by atoms with Crippen molar-refractivity contribution in [2.45, 2.75) is 18.8 Å². The Morgan fingerprint density at radius 1 is 1.21 bits per heavy atom. The van der Waals surface area contributed by atoms with Gasteiger partial charge in [-0.15, -0.1) is 0 Å². The molecule has 4 rings (SSSR count). The molecule has 2 heterocycles. The standard InChI is InChI=1S/C19H15F4N3O2/c20-16(21)5-6-28-15-4-2-11(17(22)18(15)23)12-8-26(19(12)27)10-1-3-13-14(7-10)25-9-24-13/h1-4,7,9,12,16H,5-6,8H2,(H,24,25). The monoisotopic (exact) mass is 393 g/mol. The molecule has 0 spiro atoms. The van der Waals surface area contributed by atoms with Gasteiger partial charge < -0.3 is 14.6 Å². The minimum atomic E-state index is -2.59. The van der Waals surface area contributed by atoms with Crippen LogP contribution in [0.15, 0.2) is 36.7 Å². The van der Waals surface area contributed by atoms with Gasteiger partial charge in [0.15, 0.2) is 11.6 Å². The van der Waals surface area contributed by atoms with Gasteiger partial charge in [0.05, 0.1) is 29.9 Å². The lowest BCUT2D eigenvalue weighted by atomic mass is 9.89. The number of ether oxygens (including phenoxy) is 1. The lowest BCUT2D eigenvalue weighted by molar-refractivity contribution is -0.124. The van der Waals surface area contributed by atoms with Gasteiger partial charge in [-0.1, -0.05) is 6.07 Å². The number of nitrogens with zero attached hydrogens (tertiary/aromatic N) is 2. The van der Waals surface area contributed by atoms with Crippen LogP contribution in [0, 0.1) is 11.6 Å². The highest BCUT2D eigenvalue weighted by Crippen LogP contribution is 2.37. The zero-order valence-corrected chi connectivity index (χ0v) is 14.5. The normalized spacial score (nSPS) is 16.7. The Bertz CT molecular complexity index is 1040. The summed E-state index contributed by atoms with van der Waals surface area (Å²) in [5, 5.41) is 0. The van der Waals surface area contributed by atoms with Gasteiger partial charge in [0.1, 0.15) is 0 Å². The second kappa shape index (κ2) is 7.14. The van der Waals surface area contributed by atoms with Crippen LogP contribution in [0.4, 0.5) is 23.2 Å². The third-order valence-corrected chi connectivity index (χ3v) is 4.69. The molecule has 5 nitrogen and oxygen atoms in total. The molecule has 1 fully saturated rings. The third-order valence-electron chi connectivity index (χ3n) is 4.69. The largest absolute Gasteiger partial charge is 0.490 e. The number of aromatic amines is 1. The number of aromatic nitrogens is 2. The zero-order chi connectivity index (χ0) is 19.8. The molecule has 1 aliphatic heterocycles. The minimum Gasteiger partial charge on any atom is -0.490 e. The average molecular weight is 393 g/mol. The summed E-state index contributed by atoms with van der Waals surface area (Å²) in [5.74, 6) is -4.10. The minimum absolute atomic E-state index is 0.0809. The summed E-state index contributed by atoms with van der Waals surface area (Å²) in [5.41, 5.74) is 2.06. The quantitative estimate of drug-likeness (QED) is 0.509. The van der Waals surface area contributed by atoms with Crippen molar-refractivity contribution in [2.75, 3.05) is 18.1 Å². The van der Waals surface area contributed by atoms with E-state index < -0.39 is 42.8 Å². The highest BCUT2D eigenvalue weighted by Gasteiger charge is 2.41. The molecule has 1 amide bonds. The van der Waals surface area contributed by atoms with Crippen molar-refractivity contribution >= 4 is 22.6 Å². The maximum Gasteiger partial charge on any atom is 0.241 e. The number of amides is 1. The predicted molar refractivity (Wildman–Crippen MR) is 93.7 cm³/mol. The van der Waals surface area contributed by atoms with Gasteiger partial charge in [-0.3, -0.25) is 4.79 Å². The Labute approximate surface area is 156 Å². The van der Waals surface area contributed by atoms with Crippen LogP contribution in [0.5, 0.6) is 5.75 Å². The van der Waals surface area contributed by atoms with Crippen molar-refractivity contribution in [1.29, 1.82) is 0 Å². The predicted octanol–water partition coefficient (Wildman–Crippen LogP) is 4.01. The molecule has 0 saturated carbocycles. The molecule has 3 aromatic rings. The van der Waals surface area contributed by atoms with Gasteiger partial charge in [-0.2, -0.15) is 4.39 Å². The number of nitrogens with one attached hydrogen (secondary N) is 1. The zero-order valence-electron chi connectivity index (χ0n) is 14.5. The molecule has 1 saturated heterocycles. The summed E-state index contributed by atoms with van der Waals surface area (Å²) < 4.78 is 57.7. The first-order chi connectivity index (χ1) is 13.5. The van der Waals surface area contributed by atoms with Gasteiger partial charge >= 0.3 is 0 Å². The molecule has 0 radical (unpaired) electrons. The summed E-state index contributed by atoms with van der Waals surface area (Å²) >= 11 is 0. The number of anilines is 1. The number of carbonyl (C=O) groups is 1. The lowest BCUT2D eigenvalue weighted by Gasteiger charge is -2.38. The van der Waals surface area contributed by atoms with E-state index in [1.54, 1.807) is 18.2 Å². The number of benzene rings is 2. The van der Waals surface area contributed by atoms with E-state index in [4.69, 9.17) is 4.74 Å². The number of hydrogen-bond acceptors (Lipinski definition) is 3. The Kier molecular flexibility index (Phi) is 4.66. The number of alkyl halides is 2. The van der Waals surface area contributed by atoms with Crippen LogP contribution < -0.4 is 9.64 Å². The first kappa shape index (κ1) is 18.3. The number of carbonyl (C=O) groups excluding carboxylic acids is 1. The van der Waals surface area contributed by atoms with E-state index in [1.165, 1.54) is 17.3 Å². The number of hydrogen-bond donors (Lipinski definition) is 1. The molecule has 1 aromatic heterocycles. The molecule has 146 valence electrons. The third kappa shape index (κ3) is 3.17. The number of fused-ring (bicyclic) bond motifs is 1. The molecule has 0 aliphatic carbocycles. The topological polar surface area (TPSA) is 58.2 Å². The van der Waals surface area contributed by atoms with E-state index >= 15 is 0 Å². The maximum atomic E-state index is 14.4. The van der Waals surface area contributed by atoms with Gasteiger partial charge in [-0.25, -0.2) is 18.2 Å². The molecule has 1 atom stereocenters. The second-order valence-electron chi connectivity index (χ2n) is 6.41. The summed E-state index contributed by atoms with van der Waals surface area (Å²) in [7, 11) is 0. The van der Waals surface area contributed by atoms with Crippen molar-refractivity contribution < 1.29 is 27.1 Å². The van der Waals surface area contributed by atoms with E-state index in [2.05, 4.69) is 9.97 Å². The first-order valence-corrected chi connectivity index (χ1v) is 8.59. The number of β-lactam (4-membered cyclic amide) rings is 1. The molecule has 1 unspecified atom stereocenters. The van der Waals surface area contributed by atoms with E-state index in [0.717, 1.165) is 17.1 Å². The molecular weight excluding hydrogens is 378 g/mol. The van der Waals surface area contributed by atoms with E-state index in [0.29, 0.717) is 5.69 Å². The molecule has 2 aromatic carbocycles. The maximum absolute atomic E-state index is 14.4. The second-order valence-corrected chi connectivity index (χ2v) is 6.41. The molecule has 1 N–H and O–H groups in total. The Morgan fingerprint density at radius 3 is 2.79 bits per heavy atom. The number of imidazole rings is 1. The Hall–Kier alpha value is -3.10. The highest BCUT2D eigenvalue weighted by molar-refractivity contribution is 6.05. The van der Waals surface area contributed by atoms with Gasteiger partial charge in [0.25, 0.3) is 0 Å². The van der Waals surface area contributed by atoms with Crippen LogP contribution >= 0.6 is 0 Å². The van der Waals surface area contributed by atoms with Crippen molar-refractivity contribution in [3.63, 3.8) is 0 Å². The number of halogens is 4. The molecule has 1 aliphatic rings. The SMILES string of the molecule is O=C1C(c2ccc(OCCC(F)F)c(F)c2F)CN1c1ccc2nc[nH]c2c1. The van der Waals surface area contributed by atoms with E-state index in [9.17, 15) is 22.4 Å². The van der Waals surface area contributed by atoms with Crippen LogP contribution in [0.25, 0.3) is 11.0 Å². The van der Waals surface area contributed by atoms with Crippen LogP contribution in [0.3, 0.4) is 0 Å². The van der Waals surface area contributed by atoms with Crippen molar-refractivity contribution in [3.8, 4) is 5.75 Å². The van der Waals surface area contributed by atoms with Crippen LogP contribution in [0.1, 0.15) is 17.9 Å². The fourth-order valence-electron chi connectivity index (χ4n) is 3.17. The summed E-state index contributed by atoms with van der Waals surface area (Å²) in [6.07, 6.45) is -1.63. The molecule has 28 heavy (non-hydrogen) atoms. The first-order valence-electron chi connectivity index (χ1n) is 8.59. The van der Waals surface area contributed by atoms with Gasteiger partial charge in [-0.05, 0) is 24.3 Å². The Morgan fingerprint density at radius 2 is 2.04 bits per heavy atom. The van der Waals surface area contributed by atoms with Crippen LogP contribution in [-0.4, -0.2) is 35.5 Å². The Balaban J connectivity index is 1.49. The molecular formula is C19H15F4N3O2. The van der Waals surface area contributed by atoms with E-state index in [-0.39, 0.29) is 18.0 Å². The van der Waals surface area contributed by atoms with Crippen molar-refractivity contribution in [2.24, 2.45) is 0 Å². The van der Waals surface area contributed by atoms with Crippen molar-refractivity contribution in [3.05, 3.63) is 53.9 Å². The fraction of sp³-hybridized carbons (Fsp3) is 0.263. The van der Waals surface area contributed by atoms with E-state index in [1.807, 2.05) is 0 Å². The van der Waals surface area contributed by atoms with Gasteiger partial charge in [0, 0.05) is 24.2 Å². The smallest absolute Gasteiger partial charge is 0.241 e. The molecule has 9 heteroatoms. The summed E-state index contributed by atoms with van der Waals surface area (Å²) in [6.45, 7) is -0.236. The summed E-state index contributed by atoms with van der Waals surface area (Å²) in [4.78, 5) is 21.0. The van der Waals surface area contributed by atoms with Crippen LogP contribution in [-0.2, 0) is 4.79 Å². The molecule has 0 bridgehead atoms.